The number of rotatable bonds is 3. The quantitative estimate of drug-likeness (QED) is 0.847. The molecule has 2 atom stereocenters. The third-order valence-electron chi connectivity index (χ3n) is 4.95. The van der Waals surface area contributed by atoms with Gasteiger partial charge in [-0.1, -0.05) is 17.8 Å². The number of benzene rings is 1. The lowest BCUT2D eigenvalue weighted by atomic mass is 9.75. The van der Waals surface area contributed by atoms with Crippen LogP contribution in [0.5, 0.6) is 0 Å². The second kappa shape index (κ2) is 7.28. The van der Waals surface area contributed by atoms with Crippen molar-refractivity contribution in [3.8, 4) is 0 Å². The van der Waals surface area contributed by atoms with E-state index in [4.69, 9.17) is 10.5 Å². The molecule has 1 amide bonds. The van der Waals surface area contributed by atoms with Crippen LogP contribution in [0.2, 0.25) is 0 Å². The van der Waals surface area contributed by atoms with E-state index in [0.29, 0.717) is 41.7 Å². The van der Waals surface area contributed by atoms with E-state index in [1.165, 1.54) is 23.9 Å². The van der Waals surface area contributed by atoms with Crippen molar-refractivity contribution in [3.05, 3.63) is 59.7 Å². The number of ether oxygens (including phenoxy) is 1. The smallest absolute Gasteiger partial charge is 0.274 e. The minimum Gasteiger partial charge on any atom is -0.381 e. The molecule has 0 bridgehead atoms. The minimum atomic E-state index is -0.761. The number of aromatic nitrogens is 1. The van der Waals surface area contributed by atoms with Gasteiger partial charge in [0.1, 0.15) is 11.5 Å². The summed E-state index contributed by atoms with van der Waals surface area (Å²) < 4.78 is 20.4. The van der Waals surface area contributed by atoms with E-state index < -0.39 is 5.54 Å². The topological polar surface area (TPSA) is 89.6 Å². The molecule has 1 aromatic carbocycles. The first-order valence-electron chi connectivity index (χ1n) is 8.67. The maximum atomic E-state index is 14.8. The Hall–Kier alpha value is -2.45. The van der Waals surface area contributed by atoms with Gasteiger partial charge in [-0.25, -0.2) is 4.39 Å². The molecule has 8 heteroatoms. The third-order valence-corrected chi connectivity index (χ3v) is 5.91. The molecule has 3 heterocycles. The van der Waals surface area contributed by atoms with Gasteiger partial charge < -0.3 is 15.8 Å². The molecule has 6 nitrogen and oxygen atoms in total. The summed E-state index contributed by atoms with van der Waals surface area (Å²) in [6.45, 7) is 0.996. The zero-order valence-corrected chi connectivity index (χ0v) is 15.3. The molecule has 2 unspecified atom stereocenters. The summed E-state index contributed by atoms with van der Waals surface area (Å²) in [5, 5.41) is 3.24. The van der Waals surface area contributed by atoms with Crippen molar-refractivity contribution in [3.63, 3.8) is 0 Å². The molecule has 2 aliphatic heterocycles. The highest BCUT2D eigenvalue weighted by molar-refractivity contribution is 8.13. The summed E-state index contributed by atoms with van der Waals surface area (Å²) in [4.78, 5) is 21.1. The number of halogens is 1. The van der Waals surface area contributed by atoms with Crippen LogP contribution in [0.25, 0.3) is 0 Å². The molecule has 0 saturated carbocycles. The molecule has 1 aromatic heterocycles. The molecule has 0 radical (unpaired) electrons. The zero-order chi connectivity index (χ0) is 18.9. The standard InChI is InChI=1S/C19H19FN4O2S/c20-15-5-4-13(23-17(25)16-3-1-2-7-22-16)9-14(15)19-6-8-26-10-12(19)11-27-18(21)24-19/h1-5,7,9,12H,6,8,10-11H2,(H2,21,24)(H,23,25). The summed E-state index contributed by atoms with van der Waals surface area (Å²) in [7, 11) is 0. The van der Waals surface area contributed by atoms with Crippen molar-refractivity contribution in [2.75, 3.05) is 24.3 Å². The van der Waals surface area contributed by atoms with Crippen molar-refractivity contribution in [2.45, 2.75) is 12.0 Å². The second-order valence-electron chi connectivity index (χ2n) is 6.57. The summed E-state index contributed by atoms with van der Waals surface area (Å²) in [5.41, 5.74) is 6.45. The Labute approximate surface area is 160 Å². The lowest BCUT2D eigenvalue weighted by Gasteiger charge is -2.44. The van der Waals surface area contributed by atoms with E-state index in [9.17, 15) is 9.18 Å². The average Bonchev–Trinajstić information content (AvgIpc) is 2.69. The molecule has 0 aliphatic carbocycles. The molecule has 140 valence electrons. The Morgan fingerprint density at radius 3 is 3.07 bits per heavy atom. The first-order valence-corrected chi connectivity index (χ1v) is 9.65. The number of nitrogens with two attached hydrogens (primary N) is 1. The van der Waals surface area contributed by atoms with E-state index in [0.717, 1.165) is 5.75 Å². The molecule has 27 heavy (non-hydrogen) atoms. The Kier molecular flexibility index (Phi) is 4.84. The predicted molar refractivity (Wildman–Crippen MR) is 103 cm³/mol. The Morgan fingerprint density at radius 2 is 2.26 bits per heavy atom. The van der Waals surface area contributed by atoms with Crippen molar-refractivity contribution in [1.82, 2.24) is 4.98 Å². The van der Waals surface area contributed by atoms with Crippen molar-refractivity contribution >= 4 is 28.5 Å². The van der Waals surface area contributed by atoms with Crippen LogP contribution < -0.4 is 11.1 Å². The molecular formula is C19H19FN4O2S. The van der Waals surface area contributed by atoms with Crippen molar-refractivity contribution < 1.29 is 13.9 Å². The number of nitrogens with zero attached hydrogens (tertiary/aromatic N) is 2. The number of hydrogen-bond acceptors (Lipinski definition) is 6. The molecule has 0 spiro atoms. The number of pyridine rings is 1. The normalized spacial score (nSPS) is 24.6. The van der Waals surface area contributed by atoms with E-state index in [1.807, 2.05) is 0 Å². The fraction of sp³-hybridized carbons (Fsp3) is 0.316. The van der Waals surface area contributed by atoms with Gasteiger partial charge in [-0.15, -0.1) is 0 Å². The van der Waals surface area contributed by atoms with E-state index in [1.54, 1.807) is 30.5 Å². The maximum Gasteiger partial charge on any atom is 0.274 e. The zero-order valence-electron chi connectivity index (χ0n) is 14.5. The van der Waals surface area contributed by atoms with E-state index in [-0.39, 0.29) is 17.6 Å². The lowest BCUT2D eigenvalue weighted by molar-refractivity contribution is 0.00886. The number of anilines is 1. The molecule has 4 rings (SSSR count). The van der Waals surface area contributed by atoms with Gasteiger partial charge in [-0.2, -0.15) is 0 Å². The number of amides is 1. The van der Waals surface area contributed by atoms with Crippen LogP contribution in [0, 0.1) is 11.7 Å². The fourth-order valence-corrected chi connectivity index (χ4v) is 4.56. The average molecular weight is 386 g/mol. The molecule has 1 fully saturated rings. The first-order chi connectivity index (χ1) is 13.1. The molecule has 3 N–H and O–H groups in total. The molecule has 2 aliphatic rings. The van der Waals surface area contributed by atoms with Gasteiger partial charge in [-0.05, 0) is 30.3 Å². The number of hydrogen-bond donors (Lipinski definition) is 2. The summed E-state index contributed by atoms with van der Waals surface area (Å²) in [6.07, 6.45) is 2.10. The number of aliphatic imine (C=N–C) groups is 1. The van der Waals surface area contributed by atoms with Crippen molar-refractivity contribution in [2.24, 2.45) is 16.6 Å². The number of fused-ring (bicyclic) bond motifs is 1. The SMILES string of the molecule is NC1=NC2(c3cc(NC(=O)c4ccccn4)ccc3F)CCOCC2CS1. The van der Waals surface area contributed by atoms with Crippen LogP contribution in [0.4, 0.5) is 10.1 Å². The fourth-order valence-electron chi connectivity index (χ4n) is 3.59. The largest absolute Gasteiger partial charge is 0.381 e. The highest BCUT2D eigenvalue weighted by Gasteiger charge is 2.47. The number of carbonyl (C=O) groups excluding carboxylic acids is 1. The Balaban J connectivity index is 1.70. The first kappa shape index (κ1) is 17.9. The lowest BCUT2D eigenvalue weighted by Crippen LogP contribution is -2.47. The Bertz CT molecular complexity index is 893. The van der Waals surface area contributed by atoms with Gasteiger partial charge in [0.25, 0.3) is 5.91 Å². The van der Waals surface area contributed by atoms with Gasteiger partial charge in [0.15, 0.2) is 5.17 Å². The highest BCUT2D eigenvalue weighted by atomic mass is 32.2. The maximum absolute atomic E-state index is 14.8. The number of carbonyl (C=O) groups is 1. The van der Waals surface area contributed by atoms with Crippen molar-refractivity contribution in [1.29, 1.82) is 0 Å². The van der Waals surface area contributed by atoms with Gasteiger partial charge in [0.05, 0.1) is 12.1 Å². The van der Waals surface area contributed by atoms with Crippen LogP contribution in [0.15, 0.2) is 47.6 Å². The van der Waals surface area contributed by atoms with Crippen LogP contribution in [-0.2, 0) is 10.3 Å². The van der Waals surface area contributed by atoms with Crippen LogP contribution >= 0.6 is 11.8 Å². The predicted octanol–water partition coefficient (Wildman–Crippen LogP) is 2.77. The second-order valence-corrected chi connectivity index (χ2v) is 7.61. The van der Waals surface area contributed by atoms with Crippen LogP contribution in [-0.4, -0.2) is 35.0 Å². The minimum absolute atomic E-state index is 0.0276. The summed E-state index contributed by atoms with van der Waals surface area (Å²) >= 11 is 1.46. The van der Waals surface area contributed by atoms with Gasteiger partial charge >= 0.3 is 0 Å². The Morgan fingerprint density at radius 1 is 1.37 bits per heavy atom. The van der Waals surface area contributed by atoms with Crippen LogP contribution in [0.3, 0.4) is 0 Å². The molecule has 2 aromatic rings. The highest BCUT2D eigenvalue weighted by Crippen LogP contribution is 2.46. The number of nitrogens with one attached hydrogen (secondary N) is 1. The van der Waals surface area contributed by atoms with Gasteiger partial charge in [0, 0.05) is 42.1 Å². The number of amidine groups is 1. The summed E-state index contributed by atoms with van der Waals surface area (Å²) in [5.74, 6) is 0.0385. The molecular weight excluding hydrogens is 367 g/mol. The molecule has 1 saturated heterocycles. The summed E-state index contributed by atoms with van der Waals surface area (Å²) in [6, 6.07) is 9.65. The van der Waals surface area contributed by atoms with Gasteiger partial charge in [-0.3, -0.25) is 14.8 Å². The van der Waals surface area contributed by atoms with E-state index >= 15 is 0 Å². The van der Waals surface area contributed by atoms with Gasteiger partial charge in [0.2, 0.25) is 0 Å². The third kappa shape index (κ3) is 3.42. The number of thioether (sulfide) groups is 1. The van der Waals surface area contributed by atoms with Crippen LogP contribution in [0.1, 0.15) is 22.5 Å². The van der Waals surface area contributed by atoms with E-state index in [2.05, 4.69) is 15.3 Å². The monoisotopic (exact) mass is 386 g/mol.